The molecule has 2 heterocycles. The van der Waals surface area contributed by atoms with Crippen molar-refractivity contribution in [3.05, 3.63) is 71.8 Å². The molecule has 11 heteroatoms. The summed E-state index contributed by atoms with van der Waals surface area (Å²) in [4.78, 5) is 12.9. The average Bonchev–Trinajstić information content (AvgIpc) is 2.86. The number of benzene rings is 2. The zero-order chi connectivity index (χ0) is 25.3. The van der Waals surface area contributed by atoms with E-state index in [2.05, 4.69) is 25.0 Å². The molecule has 0 spiro atoms. The number of nitrogens with one attached hydrogen (secondary N) is 2. The second-order valence-electron chi connectivity index (χ2n) is 8.81. The molecule has 8 nitrogen and oxygen atoms in total. The van der Waals surface area contributed by atoms with Gasteiger partial charge in [0.2, 0.25) is 5.95 Å². The van der Waals surface area contributed by atoms with Crippen LogP contribution in [0.5, 0.6) is 0 Å². The van der Waals surface area contributed by atoms with Gasteiger partial charge in [0.1, 0.15) is 4.90 Å². The summed E-state index contributed by atoms with van der Waals surface area (Å²) in [7, 11) is -4.10. The molecule has 0 aliphatic heterocycles. The minimum atomic E-state index is -4.10. The van der Waals surface area contributed by atoms with Gasteiger partial charge in [-0.3, -0.25) is 4.72 Å². The van der Waals surface area contributed by atoms with E-state index in [9.17, 15) is 12.8 Å². The summed E-state index contributed by atoms with van der Waals surface area (Å²) in [6.45, 7) is 0. The Kier molecular flexibility index (Phi) is 6.74. The Hall–Kier alpha value is -3.34. The van der Waals surface area contributed by atoms with Crippen LogP contribution in [0.1, 0.15) is 25.7 Å². The molecule has 2 aromatic heterocycles. The topological polar surface area (TPSA) is 123 Å². The van der Waals surface area contributed by atoms with E-state index in [1.807, 2.05) is 18.2 Å². The van der Waals surface area contributed by atoms with Crippen LogP contribution < -0.4 is 15.8 Å². The molecule has 2 aromatic carbocycles. The monoisotopic (exact) mass is 526 g/mol. The third-order valence-electron chi connectivity index (χ3n) is 6.22. The van der Waals surface area contributed by atoms with E-state index in [1.54, 1.807) is 12.3 Å². The lowest BCUT2D eigenvalue weighted by molar-refractivity contribution is 0.410. The minimum absolute atomic E-state index is 0.0294. The first-order chi connectivity index (χ1) is 17.3. The molecule has 0 unspecified atom stereocenters. The number of anilines is 2. The molecule has 1 saturated carbocycles. The van der Waals surface area contributed by atoms with Crippen molar-refractivity contribution in [1.29, 1.82) is 0 Å². The van der Waals surface area contributed by atoms with Gasteiger partial charge in [0.05, 0.1) is 10.5 Å². The fraction of sp³-hybridized carbons (Fsp3) is 0.240. The molecule has 0 amide bonds. The number of hydrogen-bond acceptors (Lipinski definition) is 7. The van der Waals surface area contributed by atoms with Gasteiger partial charge in [0, 0.05) is 35.4 Å². The molecule has 0 radical (unpaired) electrons. The highest BCUT2D eigenvalue weighted by atomic mass is 35.5. The summed E-state index contributed by atoms with van der Waals surface area (Å²) in [5.41, 5.74) is 7.91. The van der Waals surface area contributed by atoms with Crippen LogP contribution in [0.25, 0.3) is 22.0 Å². The van der Waals surface area contributed by atoms with E-state index in [0.29, 0.717) is 23.1 Å². The zero-order valence-corrected chi connectivity index (χ0v) is 20.7. The predicted molar refractivity (Wildman–Crippen MR) is 139 cm³/mol. The van der Waals surface area contributed by atoms with Crippen molar-refractivity contribution in [3.63, 3.8) is 0 Å². The van der Waals surface area contributed by atoms with Gasteiger partial charge in [-0.2, -0.15) is 0 Å². The van der Waals surface area contributed by atoms with Crippen LogP contribution in [-0.2, 0) is 10.0 Å². The van der Waals surface area contributed by atoms with E-state index in [4.69, 9.17) is 17.3 Å². The third kappa shape index (κ3) is 5.25. The van der Waals surface area contributed by atoms with Crippen molar-refractivity contribution in [1.82, 2.24) is 15.0 Å². The lowest BCUT2D eigenvalue weighted by Gasteiger charge is -2.26. The van der Waals surface area contributed by atoms with E-state index in [0.717, 1.165) is 36.6 Å². The average molecular weight is 527 g/mol. The summed E-state index contributed by atoms with van der Waals surface area (Å²) in [6.07, 6.45) is 7.08. The normalized spacial score (nSPS) is 18.2. The van der Waals surface area contributed by atoms with Crippen LogP contribution in [-0.4, -0.2) is 35.5 Å². The Morgan fingerprint density at radius 3 is 2.50 bits per heavy atom. The Labute approximate surface area is 213 Å². The Morgan fingerprint density at radius 1 is 0.972 bits per heavy atom. The van der Waals surface area contributed by atoms with Crippen molar-refractivity contribution < 1.29 is 12.8 Å². The predicted octanol–water partition coefficient (Wildman–Crippen LogP) is 4.97. The molecule has 0 bridgehead atoms. The van der Waals surface area contributed by atoms with Crippen molar-refractivity contribution in [2.75, 3.05) is 10.0 Å². The van der Waals surface area contributed by atoms with Crippen LogP contribution in [0.15, 0.2) is 65.8 Å². The molecule has 0 atom stereocenters. The first-order valence-corrected chi connectivity index (χ1v) is 13.4. The number of pyridine rings is 1. The van der Waals surface area contributed by atoms with E-state index in [-0.39, 0.29) is 16.0 Å². The van der Waals surface area contributed by atoms with Gasteiger partial charge in [0.15, 0.2) is 11.6 Å². The number of nitrogens with zero attached hydrogens (tertiary/aromatic N) is 3. The second kappa shape index (κ2) is 9.96. The molecule has 0 saturated heterocycles. The maximum absolute atomic E-state index is 14.8. The number of rotatable bonds is 6. The quantitative estimate of drug-likeness (QED) is 0.324. The molecule has 5 rings (SSSR count). The van der Waals surface area contributed by atoms with E-state index >= 15 is 0 Å². The maximum Gasteiger partial charge on any atom is 0.264 e. The van der Waals surface area contributed by atoms with Crippen LogP contribution in [0, 0.1) is 5.82 Å². The number of nitrogens with two attached hydrogens (primary N) is 1. The molecule has 1 fully saturated rings. The minimum Gasteiger partial charge on any atom is -0.351 e. The number of sulfonamides is 1. The van der Waals surface area contributed by atoms with Gasteiger partial charge in [-0.15, -0.1) is 0 Å². The largest absolute Gasteiger partial charge is 0.351 e. The van der Waals surface area contributed by atoms with Crippen LogP contribution >= 0.6 is 11.6 Å². The molecular weight excluding hydrogens is 503 g/mol. The van der Waals surface area contributed by atoms with Crippen LogP contribution in [0.2, 0.25) is 5.02 Å². The number of fused-ring (bicyclic) bond motifs is 1. The summed E-state index contributed by atoms with van der Waals surface area (Å²) in [5.74, 6) is -0.660. The van der Waals surface area contributed by atoms with Crippen molar-refractivity contribution >= 4 is 44.3 Å². The highest BCUT2D eigenvalue weighted by Crippen LogP contribution is 2.28. The third-order valence-corrected chi connectivity index (χ3v) is 8.06. The fourth-order valence-electron chi connectivity index (χ4n) is 4.24. The SMILES string of the molecule is N[C@H]1CC[C@H](Nc2ncc3cc(-c4cnc(NS(=O)(=O)c5ccccc5Cl)c(F)c4)ccc3n2)CC1. The lowest BCUT2D eigenvalue weighted by Crippen LogP contribution is -2.33. The Bertz CT molecular complexity index is 1530. The summed E-state index contributed by atoms with van der Waals surface area (Å²) < 4.78 is 42.2. The summed E-state index contributed by atoms with van der Waals surface area (Å²) in [5, 5.41) is 4.20. The molecule has 1 aliphatic rings. The molecule has 36 heavy (non-hydrogen) atoms. The molecular formula is C25H24ClFN6O2S. The standard InChI is InChI=1S/C25H24ClFN6O2S/c26-20-3-1-2-4-23(20)36(34,35)33-24-21(27)12-16(13-29-24)15-5-10-22-17(11-15)14-30-25(32-22)31-19-8-6-18(28)7-9-19/h1-5,10-14,18-19H,6-9,28H2,(H,29,33)(H,30,31,32)/t18-,19-. The zero-order valence-electron chi connectivity index (χ0n) is 19.2. The van der Waals surface area contributed by atoms with Gasteiger partial charge in [-0.25, -0.2) is 27.8 Å². The highest BCUT2D eigenvalue weighted by Gasteiger charge is 2.21. The van der Waals surface area contributed by atoms with Crippen molar-refractivity contribution in [2.24, 2.45) is 5.73 Å². The van der Waals surface area contributed by atoms with Gasteiger partial charge in [-0.1, -0.05) is 29.8 Å². The highest BCUT2D eigenvalue weighted by molar-refractivity contribution is 7.92. The van der Waals surface area contributed by atoms with Gasteiger partial charge >= 0.3 is 0 Å². The fourth-order valence-corrected chi connectivity index (χ4v) is 5.78. The summed E-state index contributed by atoms with van der Waals surface area (Å²) >= 11 is 5.98. The van der Waals surface area contributed by atoms with E-state index < -0.39 is 21.7 Å². The molecule has 4 aromatic rings. The first-order valence-electron chi connectivity index (χ1n) is 11.5. The number of halogens is 2. The number of aromatic nitrogens is 3. The van der Waals surface area contributed by atoms with Crippen molar-refractivity contribution in [2.45, 2.75) is 42.7 Å². The van der Waals surface area contributed by atoms with Gasteiger partial charge in [-0.05, 0) is 61.6 Å². The van der Waals surface area contributed by atoms with Gasteiger partial charge in [0.25, 0.3) is 10.0 Å². The maximum atomic E-state index is 14.8. The Balaban J connectivity index is 1.34. The van der Waals surface area contributed by atoms with Crippen molar-refractivity contribution in [3.8, 4) is 11.1 Å². The molecule has 186 valence electrons. The lowest BCUT2D eigenvalue weighted by atomic mass is 9.92. The molecule has 1 aliphatic carbocycles. The smallest absolute Gasteiger partial charge is 0.264 e. The first kappa shape index (κ1) is 24.4. The molecule has 4 N–H and O–H groups in total. The van der Waals surface area contributed by atoms with E-state index in [1.165, 1.54) is 30.5 Å². The second-order valence-corrected chi connectivity index (χ2v) is 10.9. The van der Waals surface area contributed by atoms with Gasteiger partial charge < -0.3 is 11.1 Å². The van der Waals surface area contributed by atoms with Crippen LogP contribution in [0.3, 0.4) is 0 Å². The Morgan fingerprint density at radius 2 is 1.75 bits per heavy atom. The number of hydrogen-bond donors (Lipinski definition) is 3. The van der Waals surface area contributed by atoms with Crippen LogP contribution in [0.4, 0.5) is 16.2 Å². The summed E-state index contributed by atoms with van der Waals surface area (Å²) in [6, 6.07) is 13.2.